The second-order valence-electron chi connectivity index (χ2n) is 3.94. The van der Waals surface area contributed by atoms with Crippen LogP contribution in [0.4, 0.5) is 18.9 Å². The molecule has 1 aromatic carbocycles. The number of rotatable bonds is 2. The first-order valence-corrected chi connectivity index (χ1v) is 6.42. The number of nitrogens with one attached hydrogen (secondary N) is 2. The van der Waals surface area contributed by atoms with Gasteiger partial charge >= 0.3 is 6.18 Å². The minimum Gasteiger partial charge on any atom is -0.329 e. The average molecular weight is 344 g/mol. The molecule has 0 unspecified atom stereocenters. The van der Waals surface area contributed by atoms with E-state index < -0.39 is 11.7 Å². The summed E-state index contributed by atoms with van der Waals surface area (Å²) >= 11 is 16.5. The predicted molar refractivity (Wildman–Crippen MR) is 79.6 cm³/mol. The number of hydrogen-bond acceptors (Lipinski definition) is 2. The van der Waals surface area contributed by atoms with Crippen molar-refractivity contribution in [2.24, 2.45) is 5.10 Å². The lowest BCUT2D eigenvalue weighted by Gasteiger charge is -2.14. The molecule has 3 nitrogen and oxygen atoms in total. The maximum atomic E-state index is 12.6. The van der Waals surface area contributed by atoms with Crippen LogP contribution in [-0.4, -0.2) is 10.8 Å². The maximum Gasteiger partial charge on any atom is 0.416 e. The van der Waals surface area contributed by atoms with Crippen molar-refractivity contribution in [1.82, 2.24) is 5.43 Å². The van der Waals surface area contributed by atoms with E-state index in [9.17, 15) is 13.2 Å². The number of alkyl halides is 3. The number of halogens is 5. The molecule has 0 saturated heterocycles. The van der Waals surface area contributed by atoms with Crippen LogP contribution < -0.4 is 10.7 Å². The van der Waals surface area contributed by atoms with E-state index in [2.05, 4.69) is 15.8 Å². The van der Waals surface area contributed by atoms with Crippen LogP contribution in [0.25, 0.3) is 0 Å². The summed E-state index contributed by atoms with van der Waals surface area (Å²) < 4.78 is 37.7. The van der Waals surface area contributed by atoms with Gasteiger partial charge in [0.2, 0.25) is 0 Å². The van der Waals surface area contributed by atoms with Gasteiger partial charge in [-0.25, -0.2) is 0 Å². The van der Waals surface area contributed by atoms with Crippen molar-refractivity contribution < 1.29 is 13.2 Å². The molecule has 0 saturated carbocycles. The van der Waals surface area contributed by atoms with Crippen LogP contribution in [0.2, 0.25) is 10.0 Å². The van der Waals surface area contributed by atoms with Gasteiger partial charge in [-0.3, -0.25) is 5.43 Å². The number of thiocarbonyl (C=S) groups is 1. The van der Waals surface area contributed by atoms with Crippen LogP contribution in [0.1, 0.15) is 19.4 Å². The van der Waals surface area contributed by atoms with Gasteiger partial charge in [0, 0.05) is 5.71 Å². The molecule has 0 aliphatic carbocycles. The highest BCUT2D eigenvalue weighted by molar-refractivity contribution is 7.80. The zero-order valence-electron chi connectivity index (χ0n) is 10.4. The van der Waals surface area contributed by atoms with Gasteiger partial charge in [0.15, 0.2) is 5.11 Å². The van der Waals surface area contributed by atoms with Gasteiger partial charge in [-0.05, 0) is 38.2 Å². The van der Waals surface area contributed by atoms with Gasteiger partial charge in [0.25, 0.3) is 0 Å². The largest absolute Gasteiger partial charge is 0.416 e. The second-order valence-corrected chi connectivity index (χ2v) is 5.16. The summed E-state index contributed by atoms with van der Waals surface area (Å²) in [7, 11) is 0. The summed E-state index contributed by atoms with van der Waals surface area (Å²) in [5.41, 5.74) is 2.37. The van der Waals surface area contributed by atoms with Crippen molar-refractivity contribution in [3.63, 3.8) is 0 Å². The summed E-state index contributed by atoms with van der Waals surface area (Å²) in [6, 6.07) is 1.54. The predicted octanol–water partition coefficient (Wildman–Crippen LogP) is 4.69. The van der Waals surface area contributed by atoms with Crippen molar-refractivity contribution in [1.29, 1.82) is 0 Å². The quantitative estimate of drug-likeness (QED) is 0.464. The van der Waals surface area contributed by atoms with Gasteiger partial charge in [-0.15, -0.1) is 0 Å². The van der Waals surface area contributed by atoms with Gasteiger partial charge in [0.1, 0.15) is 0 Å². The summed E-state index contributed by atoms with van der Waals surface area (Å²) in [6.07, 6.45) is -4.52. The molecular formula is C11H10Cl2F3N3S. The van der Waals surface area contributed by atoms with Gasteiger partial charge in [-0.2, -0.15) is 18.3 Å². The van der Waals surface area contributed by atoms with Crippen molar-refractivity contribution in [3.05, 3.63) is 27.7 Å². The highest BCUT2D eigenvalue weighted by atomic mass is 35.5. The first kappa shape index (κ1) is 17.0. The fraction of sp³-hybridized carbons (Fsp3) is 0.273. The van der Waals surface area contributed by atoms with E-state index in [1.54, 1.807) is 13.8 Å². The van der Waals surface area contributed by atoms with Crippen LogP contribution in [0, 0.1) is 0 Å². The Labute approximate surface area is 129 Å². The zero-order valence-corrected chi connectivity index (χ0v) is 12.7. The van der Waals surface area contributed by atoms with Crippen molar-refractivity contribution in [2.45, 2.75) is 20.0 Å². The van der Waals surface area contributed by atoms with Gasteiger partial charge in [0.05, 0.1) is 21.3 Å². The normalized spacial score (nSPS) is 10.9. The van der Waals surface area contributed by atoms with Gasteiger partial charge in [-0.1, -0.05) is 23.2 Å². The third-order valence-electron chi connectivity index (χ3n) is 1.99. The average Bonchev–Trinajstić information content (AvgIpc) is 2.29. The molecule has 9 heteroatoms. The fourth-order valence-electron chi connectivity index (χ4n) is 1.16. The molecule has 0 radical (unpaired) electrons. The maximum absolute atomic E-state index is 12.6. The lowest BCUT2D eigenvalue weighted by Crippen LogP contribution is -2.25. The minimum atomic E-state index is -4.52. The van der Waals surface area contributed by atoms with E-state index in [1.165, 1.54) is 0 Å². The molecule has 0 aromatic heterocycles. The van der Waals surface area contributed by atoms with E-state index in [4.69, 9.17) is 35.4 Å². The Morgan fingerprint density at radius 1 is 1.20 bits per heavy atom. The van der Waals surface area contributed by atoms with Crippen LogP contribution in [-0.2, 0) is 6.18 Å². The topological polar surface area (TPSA) is 36.4 Å². The van der Waals surface area contributed by atoms with Gasteiger partial charge < -0.3 is 5.32 Å². The highest BCUT2D eigenvalue weighted by Crippen LogP contribution is 2.38. The summed E-state index contributed by atoms with van der Waals surface area (Å²) in [5, 5.41) is 6.12. The zero-order chi connectivity index (χ0) is 15.5. The number of benzene rings is 1. The number of hydrogen-bond donors (Lipinski definition) is 2. The highest BCUT2D eigenvalue weighted by Gasteiger charge is 2.32. The number of anilines is 1. The Morgan fingerprint density at radius 2 is 1.70 bits per heavy atom. The molecule has 2 N–H and O–H groups in total. The van der Waals surface area contributed by atoms with Crippen molar-refractivity contribution in [3.8, 4) is 0 Å². The molecule has 0 amide bonds. The Kier molecular flexibility index (Phi) is 5.61. The Bertz CT molecular complexity index is 531. The van der Waals surface area contributed by atoms with E-state index in [0.717, 1.165) is 17.8 Å². The Balaban J connectivity index is 2.98. The molecule has 110 valence electrons. The number of hydrazone groups is 1. The molecule has 0 atom stereocenters. The molecule has 0 bridgehead atoms. The molecule has 20 heavy (non-hydrogen) atoms. The Hall–Kier alpha value is -1.05. The van der Waals surface area contributed by atoms with Crippen LogP contribution in [0.15, 0.2) is 17.2 Å². The molecule has 1 rings (SSSR count). The van der Waals surface area contributed by atoms with Crippen LogP contribution in [0.5, 0.6) is 0 Å². The van der Waals surface area contributed by atoms with Crippen molar-refractivity contribution >= 4 is 51.9 Å². The second kappa shape index (κ2) is 6.60. The lowest BCUT2D eigenvalue weighted by atomic mass is 10.2. The third-order valence-corrected chi connectivity index (χ3v) is 2.78. The van der Waals surface area contributed by atoms with E-state index in [0.29, 0.717) is 0 Å². The molecule has 0 aliphatic heterocycles. The van der Waals surface area contributed by atoms with E-state index in [-0.39, 0.29) is 20.8 Å². The fourth-order valence-corrected chi connectivity index (χ4v) is 1.89. The standard InChI is InChI=1S/C11H10Cl2F3N3S/c1-5(2)18-19-10(20)17-9-7(12)3-6(4-8(9)13)11(14,15)16/h3-4H,1-2H3,(H2,17,19,20). The van der Waals surface area contributed by atoms with Crippen LogP contribution >= 0.6 is 35.4 Å². The molecule has 0 heterocycles. The lowest BCUT2D eigenvalue weighted by molar-refractivity contribution is -0.137. The molecule has 0 spiro atoms. The molecular weight excluding hydrogens is 334 g/mol. The number of nitrogens with zero attached hydrogens (tertiary/aromatic N) is 1. The SMILES string of the molecule is CC(C)=NNC(=S)Nc1c(Cl)cc(C(F)(F)F)cc1Cl. The first-order valence-electron chi connectivity index (χ1n) is 5.25. The first-order chi connectivity index (χ1) is 9.11. The summed E-state index contributed by atoms with van der Waals surface area (Å²) in [6.45, 7) is 3.49. The molecule has 1 aromatic rings. The summed E-state index contributed by atoms with van der Waals surface area (Å²) in [5.74, 6) is 0. The van der Waals surface area contributed by atoms with Crippen molar-refractivity contribution in [2.75, 3.05) is 5.32 Å². The monoisotopic (exact) mass is 343 g/mol. The summed E-state index contributed by atoms with van der Waals surface area (Å²) in [4.78, 5) is 0. The molecule has 0 aliphatic rings. The third kappa shape index (κ3) is 4.81. The van der Waals surface area contributed by atoms with Crippen LogP contribution in [0.3, 0.4) is 0 Å². The smallest absolute Gasteiger partial charge is 0.329 e. The van der Waals surface area contributed by atoms with E-state index in [1.807, 2.05) is 0 Å². The minimum absolute atomic E-state index is 0.0646. The van der Waals surface area contributed by atoms with E-state index >= 15 is 0 Å². The molecule has 0 fully saturated rings. The Morgan fingerprint density at radius 3 is 2.10 bits per heavy atom.